The molecule has 0 unspecified atom stereocenters. The number of ether oxygens (including phenoxy) is 2. The zero-order valence-corrected chi connectivity index (χ0v) is 20.3. The van der Waals surface area contributed by atoms with Crippen LogP contribution in [0.15, 0.2) is 72.8 Å². The van der Waals surface area contributed by atoms with Crippen LogP contribution in [-0.2, 0) is 22.6 Å². The molecule has 2 N–H and O–H groups in total. The van der Waals surface area contributed by atoms with E-state index in [0.717, 1.165) is 23.1 Å². The van der Waals surface area contributed by atoms with Gasteiger partial charge < -0.3 is 20.1 Å². The van der Waals surface area contributed by atoms with Crippen molar-refractivity contribution >= 4 is 11.8 Å². The van der Waals surface area contributed by atoms with Gasteiger partial charge in [0.15, 0.2) is 11.5 Å². The van der Waals surface area contributed by atoms with Gasteiger partial charge in [0.05, 0.1) is 14.2 Å². The molecule has 0 saturated carbocycles. The molecule has 2 amide bonds. The summed E-state index contributed by atoms with van der Waals surface area (Å²) in [5, 5.41) is 6.15. The first-order valence-corrected chi connectivity index (χ1v) is 11.9. The lowest BCUT2D eigenvalue weighted by Gasteiger charge is -2.29. The highest BCUT2D eigenvalue weighted by molar-refractivity contribution is 5.80. The Labute approximate surface area is 206 Å². The fourth-order valence-electron chi connectivity index (χ4n) is 4.75. The van der Waals surface area contributed by atoms with Gasteiger partial charge in [0.25, 0.3) is 0 Å². The van der Waals surface area contributed by atoms with Crippen LogP contribution >= 0.6 is 0 Å². The summed E-state index contributed by atoms with van der Waals surface area (Å²) in [5.74, 6) is 1.24. The fourth-order valence-corrected chi connectivity index (χ4v) is 4.75. The minimum atomic E-state index is -0.406. The lowest BCUT2D eigenvalue weighted by molar-refractivity contribution is -0.122. The van der Waals surface area contributed by atoms with Crippen molar-refractivity contribution in [3.8, 4) is 22.6 Å². The first-order chi connectivity index (χ1) is 17.0. The minimum Gasteiger partial charge on any atom is -0.493 e. The van der Waals surface area contributed by atoms with E-state index in [1.54, 1.807) is 14.2 Å². The van der Waals surface area contributed by atoms with Crippen molar-refractivity contribution in [2.45, 2.75) is 44.2 Å². The number of rotatable bonds is 10. The second-order valence-electron chi connectivity index (χ2n) is 9.00. The predicted octanol–water partition coefficient (Wildman–Crippen LogP) is 4.66. The highest BCUT2D eigenvalue weighted by Gasteiger charge is 2.37. The maximum absolute atomic E-state index is 12.7. The highest BCUT2D eigenvalue weighted by atomic mass is 16.5. The Morgan fingerprint density at radius 3 is 2.34 bits per heavy atom. The van der Waals surface area contributed by atoms with E-state index in [1.807, 2.05) is 36.4 Å². The number of methoxy groups -OCH3 is 2. The Balaban J connectivity index is 1.38. The molecule has 1 aliphatic heterocycles. The lowest BCUT2D eigenvalue weighted by atomic mass is 9.84. The van der Waals surface area contributed by atoms with Gasteiger partial charge in [-0.25, -0.2) is 0 Å². The zero-order valence-electron chi connectivity index (χ0n) is 20.3. The Hall–Kier alpha value is -3.80. The number of hydrogen-bond acceptors (Lipinski definition) is 4. The molecular weight excluding hydrogens is 440 g/mol. The van der Waals surface area contributed by atoms with Crippen molar-refractivity contribution in [2.75, 3.05) is 14.2 Å². The molecule has 1 saturated heterocycles. The van der Waals surface area contributed by atoms with E-state index in [-0.39, 0.29) is 11.8 Å². The van der Waals surface area contributed by atoms with Crippen LogP contribution in [0.1, 0.15) is 36.8 Å². The largest absolute Gasteiger partial charge is 0.493 e. The number of para-hydroxylation sites is 1. The molecule has 6 heteroatoms. The van der Waals surface area contributed by atoms with Crippen molar-refractivity contribution in [1.82, 2.24) is 10.6 Å². The fraction of sp³-hybridized carbons (Fsp3) is 0.310. The summed E-state index contributed by atoms with van der Waals surface area (Å²) in [6, 6.07) is 24.3. The van der Waals surface area contributed by atoms with E-state index in [0.29, 0.717) is 43.7 Å². The van der Waals surface area contributed by atoms with Gasteiger partial charge in [-0.05, 0) is 42.0 Å². The molecule has 182 valence electrons. The van der Waals surface area contributed by atoms with E-state index < -0.39 is 5.54 Å². The standard InChI is InChI=1S/C29H32N2O4/c1-34-25-10-6-9-24(28(25)35-2)20-30-26(32)15-17-29(18-16-27(33)31-29)19-21-11-13-23(14-12-21)22-7-4-3-5-8-22/h3-14H,15-20H2,1-2H3,(H,30,32)(H,31,33)/t29-/m0/s1. The first-order valence-electron chi connectivity index (χ1n) is 11.9. The van der Waals surface area contributed by atoms with E-state index in [2.05, 4.69) is 47.0 Å². The van der Waals surface area contributed by atoms with Gasteiger partial charge in [-0.15, -0.1) is 0 Å². The van der Waals surface area contributed by atoms with Crippen LogP contribution < -0.4 is 20.1 Å². The van der Waals surface area contributed by atoms with Crippen LogP contribution in [-0.4, -0.2) is 31.6 Å². The Morgan fingerprint density at radius 1 is 0.943 bits per heavy atom. The average Bonchev–Trinajstić information content (AvgIpc) is 3.27. The topological polar surface area (TPSA) is 76.7 Å². The molecule has 0 radical (unpaired) electrons. The van der Waals surface area contributed by atoms with Crippen LogP contribution in [0.2, 0.25) is 0 Å². The predicted molar refractivity (Wildman–Crippen MR) is 136 cm³/mol. The highest BCUT2D eigenvalue weighted by Crippen LogP contribution is 2.32. The SMILES string of the molecule is COc1cccc(CNC(=O)CC[C@@]2(Cc3ccc(-c4ccccc4)cc3)CCC(=O)N2)c1OC. The molecule has 1 heterocycles. The van der Waals surface area contributed by atoms with Gasteiger partial charge in [-0.1, -0.05) is 66.7 Å². The molecule has 0 aliphatic carbocycles. The van der Waals surface area contributed by atoms with Crippen LogP contribution in [0.5, 0.6) is 11.5 Å². The van der Waals surface area contributed by atoms with Crippen molar-refractivity contribution in [1.29, 1.82) is 0 Å². The maximum Gasteiger partial charge on any atom is 0.220 e. The third kappa shape index (κ3) is 6.01. The van der Waals surface area contributed by atoms with E-state index in [9.17, 15) is 9.59 Å². The summed E-state index contributed by atoms with van der Waals surface area (Å²) >= 11 is 0. The van der Waals surface area contributed by atoms with Gasteiger partial charge in [0.1, 0.15) is 0 Å². The molecule has 0 spiro atoms. The van der Waals surface area contributed by atoms with Gasteiger partial charge in [0.2, 0.25) is 11.8 Å². The molecule has 0 aromatic heterocycles. The smallest absolute Gasteiger partial charge is 0.220 e. The molecule has 1 aliphatic rings. The molecule has 6 nitrogen and oxygen atoms in total. The third-order valence-corrected chi connectivity index (χ3v) is 6.63. The molecule has 35 heavy (non-hydrogen) atoms. The Kier molecular flexibility index (Phi) is 7.70. The zero-order chi connectivity index (χ0) is 24.7. The monoisotopic (exact) mass is 472 g/mol. The molecule has 1 fully saturated rings. The van der Waals surface area contributed by atoms with Gasteiger partial charge in [-0.3, -0.25) is 9.59 Å². The first kappa shape index (κ1) is 24.3. The van der Waals surface area contributed by atoms with Crippen molar-refractivity contribution in [3.63, 3.8) is 0 Å². The summed E-state index contributed by atoms with van der Waals surface area (Å²) in [4.78, 5) is 24.8. The van der Waals surface area contributed by atoms with E-state index in [1.165, 1.54) is 5.56 Å². The number of hydrogen-bond donors (Lipinski definition) is 2. The second-order valence-corrected chi connectivity index (χ2v) is 9.00. The molecule has 3 aromatic rings. The summed E-state index contributed by atoms with van der Waals surface area (Å²) < 4.78 is 10.8. The normalized spacial score (nSPS) is 17.0. The third-order valence-electron chi connectivity index (χ3n) is 6.63. The van der Waals surface area contributed by atoms with Crippen molar-refractivity contribution < 1.29 is 19.1 Å². The number of benzene rings is 3. The van der Waals surface area contributed by atoms with Crippen LogP contribution in [0.25, 0.3) is 11.1 Å². The van der Waals surface area contributed by atoms with Crippen LogP contribution in [0.3, 0.4) is 0 Å². The van der Waals surface area contributed by atoms with Crippen LogP contribution in [0, 0.1) is 0 Å². The summed E-state index contributed by atoms with van der Waals surface area (Å²) in [6.07, 6.45) is 2.83. The van der Waals surface area contributed by atoms with Crippen molar-refractivity contribution in [2.24, 2.45) is 0 Å². The number of amides is 2. The minimum absolute atomic E-state index is 0.0485. The Morgan fingerprint density at radius 2 is 1.69 bits per heavy atom. The average molecular weight is 473 g/mol. The quantitative estimate of drug-likeness (QED) is 0.450. The van der Waals surface area contributed by atoms with Gasteiger partial charge >= 0.3 is 0 Å². The van der Waals surface area contributed by atoms with E-state index >= 15 is 0 Å². The molecule has 1 atom stereocenters. The summed E-state index contributed by atoms with van der Waals surface area (Å²) in [7, 11) is 3.17. The Bertz CT molecular complexity index is 1160. The summed E-state index contributed by atoms with van der Waals surface area (Å²) in [5.41, 5.74) is 3.92. The maximum atomic E-state index is 12.7. The summed E-state index contributed by atoms with van der Waals surface area (Å²) in [6.45, 7) is 0.347. The second kappa shape index (κ2) is 11.1. The lowest BCUT2D eigenvalue weighted by Crippen LogP contribution is -2.44. The van der Waals surface area contributed by atoms with Crippen molar-refractivity contribution in [3.05, 3.63) is 83.9 Å². The van der Waals surface area contributed by atoms with Gasteiger partial charge in [-0.2, -0.15) is 0 Å². The molecule has 0 bridgehead atoms. The number of nitrogens with one attached hydrogen (secondary N) is 2. The van der Waals surface area contributed by atoms with Crippen LogP contribution in [0.4, 0.5) is 0 Å². The number of carbonyl (C=O) groups excluding carboxylic acids is 2. The molecular formula is C29H32N2O4. The molecule has 4 rings (SSSR count). The van der Waals surface area contributed by atoms with E-state index in [4.69, 9.17) is 9.47 Å². The molecule has 3 aromatic carbocycles. The van der Waals surface area contributed by atoms with Gasteiger partial charge in [0, 0.05) is 30.5 Å². The number of carbonyl (C=O) groups is 2.